The Kier molecular flexibility index (Phi) is 5.26. The summed E-state index contributed by atoms with van der Waals surface area (Å²) in [5, 5.41) is 11.6. The minimum Gasteiger partial charge on any atom is -0.480 e. The predicted molar refractivity (Wildman–Crippen MR) is 97.8 cm³/mol. The Hall–Kier alpha value is -2.92. The van der Waals surface area contributed by atoms with Gasteiger partial charge in [-0.1, -0.05) is 35.9 Å². The average Bonchev–Trinajstić information content (AvgIpc) is 2.64. The second-order valence-electron chi connectivity index (χ2n) is 5.39. The van der Waals surface area contributed by atoms with Gasteiger partial charge in [-0.15, -0.1) is 10.2 Å². The first-order valence-electron chi connectivity index (χ1n) is 7.66. The number of anilines is 1. The molecule has 3 aromatic rings. The molecule has 0 spiro atoms. The van der Waals surface area contributed by atoms with E-state index in [-0.39, 0.29) is 5.91 Å². The monoisotopic (exact) mass is 353 g/mol. The van der Waals surface area contributed by atoms with Gasteiger partial charge in [0, 0.05) is 22.3 Å². The third kappa shape index (κ3) is 4.55. The number of methoxy groups -OCH3 is 1. The molecular weight excluding hydrogens is 338 g/mol. The molecule has 0 aliphatic rings. The van der Waals surface area contributed by atoms with E-state index in [0.717, 1.165) is 22.5 Å². The lowest BCUT2D eigenvalue weighted by Gasteiger charge is -2.07. The van der Waals surface area contributed by atoms with E-state index in [0.29, 0.717) is 17.3 Å². The molecule has 0 saturated carbocycles. The van der Waals surface area contributed by atoms with E-state index < -0.39 is 0 Å². The van der Waals surface area contributed by atoms with Crippen LogP contribution in [0.2, 0.25) is 5.02 Å². The van der Waals surface area contributed by atoms with Crippen LogP contribution >= 0.6 is 11.6 Å². The predicted octanol–water partition coefficient (Wildman–Crippen LogP) is 3.99. The molecule has 0 bridgehead atoms. The third-order valence-electron chi connectivity index (χ3n) is 3.59. The molecule has 0 aliphatic heterocycles. The Morgan fingerprint density at radius 2 is 1.72 bits per heavy atom. The van der Waals surface area contributed by atoms with Gasteiger partial charge < -0.3 is 10.1 Å². The van der Waals surface area contributed by atoms with E-state index in [9.17, 15) is 4.79 Å². The van der Waals surface area contributed by atoms with Crippen LogP contribution in [0.3, 0.4) is 0 Å². The number of nitrogens with one attached hydrogen (secondary N) is 1. The quantitative estimate of drug-likeness (QED) is 0.753. The first-order valence-corrected chi connectivity index (χ1v) is 8.04. The van der Waals surface area contributed by atoms with Gasteiger partial charge in [-0.2, -0.15) is 0 Å². The molecule has 6 heteroatoms. The maximum Gasteiger partial charge on any atom is 0.233 e. The second kappa shape index (κ2) is 7.77. The van der Waals surface area contributed by atoms with Crippen LogP contribution in [0.4, 0.5) is 5.69 Å². The Labute approximate surface area is 150 Å². The Bertz CT molecular complexity index is 847. The molecule has 126 valence electrons. The lowest BCUT2D eigenvalue weighted by atomic mass is 10.1. The Morgan fingerprint density at radius 3 is 2.32 bits per heavy atom. The number of halogens is 1. The number of hydrogen-bond acceptors (Lipinski definition) is 4. The summed E-state index contributed by atoms with van der Waals surface area (Å²) < 4.78 is 4.99. The van der Waals surface area contributed by atoms with Gasteiger partial charge in [-0.3, -0.25) is 4.79 Å². The number of rotatable bonds is 5. The van der Waals surface area contributed by atoms with Gasteiger partial charge in [0.25, 0.3) is 0 Å². The van der Waals surface area contributed by atoms with Gasteiger partial charge in [-0.25, -0.2) is 0 Å². The van der Waals surface area contributed by atoms with Gasteiger partial charge in [0.1, 0.15) is 0 Å². The summed E-state index contributed by atoms with van der Waals surface area (Å²) in [6.07, 6.45) is 0.295. The van der Waals surface area contributed by atoms with Gasteiger partial charge in [-0.05, 0) is 35.9 Å². The normalized spacial score (nSPS) is 10.3. The number of ether oxygens (including phenoxy) is 1. The van der Waals surface area contributed by atoms with Crippen molar-refractivity contribution in [2.45, 2.75) is 6.42 Å². The number of hydrogen-bond donors (Lipinski definition) is 1. The summed E-state index contributed by atoms with van der Waals surface area (Å²) in [6, 6.07) is 18.2. The molecule has 0 unspecified atom stereocenters. The average molecular weight is 354 g/mol. The van der Waals surface area contributed by atoms with Gasteiger partial charge in [0.2, 0.25) is 11.8 Å². The van der Waals surface area contributed by atoms with Crippen LogP contribution in [-0.4, -0.2) is 23.2 Å². The van der Waals surface area contributed by atoms with Crippen LogP contribution < -0.4 is 10.1 Å². The van der Waals surface area contributed by atoms with Gasteiger partial charge in [0.15, 0.2) is 0 Å². The van der Waals surface area contributed by atoms with Crippen molar-refractivity contribution in [3.8, 4) is 17.1 Å². The molecule has 3 rings (SSSR count). The SMILES string of the molecule is COc1ccc(-c2ccc(NC(=O)Cc3ccc(Cl)cc3)cc2)nn1. The molecule has 0 fully saturated rings. The number of aromatic nitrogens is 2. The number of amides is 1. The summed E-state index contributed by atoms with van der Waals surface area (Å²) in [7, 11) is 1.55. The highest BCUT2D eigenvalue weighted by Gasteiger charge is 2.06. The van der Waals surface area contributed by atoms with E-state index in [1.54, 1.807) is 25.3 Å². The minimum atomic E-state index is -0.0840. The Morgan fingerprint density at radius 1 is 1.00 bits per heavy atom. The van der Waals surface area contributed by atoms with Crippen molar-refractivity contribution in [3.63, 3.8) is 0 Å². The molecule has 1 N–H and O–H groups in total. The van der Waals surface area contributed by atoms with Crippen LogP contribution in [-0.2, 0) is 11.2 Å². The molecular formula is C19H16ClN3O2. The number of nitrogens with zero attached hydrogens (tertiary/aromatic N) is 2. The van der Waals surface area contributed by atoms with E-state index in [1.165, 1.54) is 0 Å². The fraction of sp³-hybridized carbons (Fsp3) is 0.105. The van der Waals surface area contributed by atoms with Crippen LogP contribution in [0.15, 0.2) is 60.7 Å². The summed E-state index contributed by atoms with van der Waals surface area (Å²) in [5.41, 5.74) is 3.28. The summed E-state index contributed by atoms with van der Waals surface area (Å²) in [6.45, 7) is 0. The molecule has 0 atom stereocenters. The standard InChI is InChI=1S/C19H16ClN3O2/c1-25-19-11-10-17(22-23-19)14-4-8-16(9-5-14)21-18(24)12-13-2-6-15(20)7-3-13/h2-11H,12H2,1H3,(H,21,24). The van der Waals surface area contributed by atoms with E-state index in [1.807, 2.05) is 42.5 Å². The van der Waals surface area contributed by atoms with Gasteiger partial charge in [0.05, 0.1) is 19.2 Å². The zero-order chi connectivity index (χ0) is 17.6. The molecule has 5 nitrogen and oxygen atoms in total. The van der Waals surface area contributed by atoms with Crippen LogP contribution in [0.5, 0.6) is 5.88 Å². The molecule has 0 radical (unpaired) electrons. The Balaban J connectivity index is 1.63. The summed E-state index contributed by atoms with van der Waals surface area (Å²) in [4.78, 5) is 12.1. The van der Waals surface area contributed by atoms with Crippen molar-refractivity contribution in [2.75, 3.05) is 12.4 Å². The smallest absolute Gasteiger partial charge is 0.233 e. The lowest BCUT2D eigenvalue weighted by molar-refractivity contribution is -0.115. The highest BCUT2D eigenvalue weighted by molar-refractivity contribution is 6.30. The molecule has 1 amide bonds. The summed E-state index contributed by atoms with van der Waals surface area (Å²) in [5.74, 6) is 0.383. The van der Waals surface area contributed by atoms with Crippen LogP contribution in [0.1, 0.15) is 5.56 Å². The molecule has 1 aromatic heterocycles. The van der Waals surface area contributed by atoms with E-state index in [2.05, 4.69) is 15.5 Å². The topological polar surface area (TPSA) is 64.1 Å². The number of benzene rings is 2. The van der Waals surface area contributed by atoms with Crippen molar-refractivity contribution >= 4 is 23.2 Å². The van der Waals surface area contributed by atoms with Crippen molar-refractivity contribution < 1.29 is 9.53 Å². The molecule has 25 heavy (non-hydrogen) atoms. The van der Waals surface area contributed by atoms with Crippen molar-refractivity contribution in [3.05, 3.63) is 71.2 Å². The minimum absolute atomic E-state index is 0.0840. The third-order valence-corrected chi connectivity index (χ3v) is 3.84. The van der Waals surface area contributed by atoms with Crippen LogP contribution in [0, 0.1) is 0 Å². The highest BCUT2D eigenvalue weighted by Crippen LogP contribution is 2.20. The van der Waals surface area contributed by atoms with Crippen molar-refractivity contribution in [1.29, 1.82) is 0 Å². The largest absolute Gasteiger partial charge is 0.480 e. The van der Waals surface area contributed by atoms with Crippen LogP contribution in [0.25, 0.3) is 11.3 Å². The fourth-order valence-corrected chi connectivity index (χ4v) is 2.43. The maximum atomic E-state index is 12.1. The highest BCUT2D eigenvalue weighted by atomic mass is 35.5. The van der Waals surface area contributed by atoms with E-state index in [4.69, 9.17) is 16.3 Å². The molecule has 0 aliphatic carbocycles. The van der Waals surface area contributed by atoms with E-state index >= 15 is 0 Å². The number of carbonyl (C=O) groups is 1. The number of carbonyl (C=O) groups excluding carboxylic acids is 1. The zero-order valence-corrected chi connectivity index (χ0v) is 14.3. The fourth-order valence-electron chi connectivity index (χ4n) is 2.30. The first-order chi connectivity index (χ1) is 12.1. The summed E-state index contributed by atoms with van der Waals surface area (Å²) >= 11 is 5.84. The molecule has 1 heterocycles. The van der Waals surface area contributed by atoms with Gasteiger partial charge >= 0.3 is 0 Å². The zero-order valence-electron chi connectivity index (χ0n) is 13.6. The molecule has 0 saturated heterocycles. The maximum absolute atomic E-state index is 12.1. The van der Waals surface area contributed by atoms with Crippen molar-refractivity contribution in [2.24, 2.45) is 0 Å². The first kappa shape index (κ1) is 16.9. The lowest BCUT2D eigenvalue weighted by Crippen LogP contribution is -2.14. The second-order valence-corrected chi connectivity index (χ2v) is 5.83. The molecule has 2 aromatic carbocycles. The van der Waals surface area contributed by atoms with Crippen molar-refractivity contribution in [1.82, 2.24) is 10.2 Å².